The molecule has 0 spiro atoms. The van der Waals surface area contributed by atoms with Crippen molar-refractivity contribution in [2.45, 2.75) is 26.3 Å². The largest absolute Gasteiger partial charge is 0.494 e. The molecule has 0 fully saturated rings. The molecule has 2 N–H and O–H groups in total. The highest BCUT2D eigenvalue weighted by molar-refractivity contribution is 5.95. The summed E-state index contributed by atoms with van der Waals surface area (Å²) >= 11 is 0. The maximum Gasteiger partial charge on any atom is 0.354 e. The molecule has 0 radical (unpaired) electrons. The van der Waals surface area contributed by atoms with Crippen LogP contribution in [-0.2, 0) is 0 Å². The van der Waals surface area contributed by atoms with Crippen molar-refractivity contribution in [3.8, 4) is 5.75 Å². The molecule has 0 aliphatic carbocycles. The number of amides is 1. The number of hydrogen-bond donors (Lipinski definition) is 2. The van der Waals surface area contributed by atoms with Crippen molar-refractivity contribution in [1.82, 2.24) is 10.3 Å². The van der Waals surface area contributed by atoms with E-state index in [4.69, 9.17) is 9.84 Å². The van der Waals surface area contributed by atoms with Gasteiger partial charge in [0.05, 0.1) is 18.2 Å². The van der Waals surface area contributed by atoms with Crippen molar-refractivity contribution in [3.05, 3.63) is 59.4 Å². The zero-order valence-electron chi connectivity index (χ0n) is 13.7. The number of para-hydroxylation sites is 1. The zero-order chi connectivity index (χ0) is 17.5. The van der Waals surface area contributed by atoms with Gasteiger partial charge in [-0.05, 0) is 31.5 Å². The SMILES string of the molecule is CCOc1ccccc1C(CC)NC(=O)c1ccc(C(=O)O)nc1. The topological polar surface area (TPSA) is 88.5 Å². The van der Waals surface area contributed by atoms with Crippen LogP contribution in [0.1, 0.15) is 52.7 Å². The number of nitrogens with zero attached hydrogens (tertiary/aromatic N) is 1. The molecule has 1 amide bonds. The van der Waals surface area contributed by atoms with Crippen LogP contribution in [0.3, 0.4) is 0 Å². The Morgan fingerprint density at radius 3 is 2.54 bits per heavy atom. The molecule has 0 saturated heterocycles. The third-order valence-corrected chi connectivity index (χ3v) is 3.55. The summed E-state index contributed by atoms with van der Waals surface area (Å²) in [6.45, 7) is 4.42. The number of pyridine rings is 1. The lowest BCUT2D eigenvalue weighted by Gasteiger charge is -2.20. The van der Waals surface area contributed by atoms with E-state index in [0.29, 0.717) is 18.6 Å². The molecule has 6 nitrogen and oxygen atoms in total. The Morgan fingerprint density at radius 2 is 1.96 bits per heavy atom. The fourth-order valence-electron chi connectivity index (χ4n) is 2.35. The lowest BCUT2D eigenvalue weighted by atomic mass is 10.0. The van der Waals surface area contributed by atoms with Crippen molar-refractivity contribution < 1.29 is 19.4 Å². The Balaban J connectivity index is 2.18. The second-order valence-corrected chi connectivity index (χ2v) is 5.14. The molecule has 6 heteroatoms. The Bertz CT molecular complexity index is 713. The van der Waals surface area contributed by atoms with Crippen LogP contribution < -0.4 is 10.1 Å². The number of hydrogen-bond acceptors (Lipinski definition) is 4. The van der Waals surface area contributed by atoms with Gasteiger partial charge in [0.2, 0.25) is 0 Å². The lowest BCUT2D eigenvalue weighted by molar-refractivity contribution is 0.0689. The molecule has 0 saturated carbocycles. The van der Waals surface area contributed by atoms with Gasteiger partial charge >= 0.3 is 5.97 Å². The van der Waals surface area contributed by atoms with Crippen LogP contribution in [0, 0.1) is 0 Å². The van der Waals surface area contributed by atoms with Gasteiger partial charge in [0.15, 0.2) is 0 Å². The molecule has 2 rings (SSSR count). The summed E-state index contributed by atoms with van der Waals surface area (Å²) in [6.07, 6.45) is 1.95. The fourth-order valence-corrected chi connectivity index (χ4v) is 2.35. The van der Waals surface area contributed by atoms with E-state index in [1.54, 1.807) is 0 Å². The molecule has 1 unspecified atom stereocenters. The highest BCUT2D eigenvalue weighted by Gasteiger charge is 2.18. The summed E-state index contributed by atoms with van der Waals surface area (Å²) in [7, 11) is 0. The van der Waals surface area contributed by atoms with Crippen LogP contribution in [0.5, 0.6) is 5.75 Å². The molecule has 1 atom stereocenters. The molecule has 24 heavy (non-hydrogen) atoms. The number of carbonyl (C=O) groups is 2. The number of rotatable bonds is 7. The number of aromatic nitrogens is 1. The lowest BCUT2D eigenvalue weighted by Crippen LogP contribution is -2.28. The van der Waals surface area contributed by atoms with Crippen molar-refractivity contribution in [2.24, 2.45) is 0 Å². The first-order chi connectivity index (χ1) is 11.6. The molecule has 2 aromatic rings. The van der Waals surface area contributed by atoms with E-state index in [0.717, 1.165) is 11.3 Å². The maximum atomic E-state index is 12.4. The molecule has 0 aliphatic rings. The first-order valence-electron chi connectivity index (χ1n) is 7.78. The number of carbonyl (C=O) groups excluding carboxylic acids is 1. The van der Waals surface area contributed by atoms with Crippen LogP contribution in [0.2, 0.25) is 0 Å². The van der Waals surface area contributed by atoms with Crippen molar-refractivity contribution in [1.29, 1.82) is 0 Å². The van der Waals surface area contributed by atoms with Gasteiger partial charge in [0.25, 0.3) is 5.91 Å². The minimum Gasteiger partial charge on any atom is -0.494 e. The number of benzene rings is 1. The van der Waals surface area contributed by atoms with Gasteiger partial charge in [-0.3, -0.25) is 4.79 Å². The number of carboxylic acids is 1. The highest BCUT2D eigenvalue weighted by Crippen LogP contribution is 2.27. The van der Waals surface area contributed by atoms with Crippen molar-refractivity contribution in [2.75, 3.05) is 6.61 Å². The summed E-state index contributed by atoms with van der Waals surface area (Å²) in [5.41, 5.74) is 1.12. The quantitative estimate of drug-likeness (QED) is 0.815. The number of aromatic carboxylic acids is 1. The van der Waals surface area contributed by atoms with E-state index in [1.165, 1.54) is 18.3 Å². The molecule has 0 bridgehead atoms. The zero-order valence-corrected chi connectivity index (χ0v) is 13.7. The molecular weight excluding hydrogens is 308 g/mol. The maximum absolute atomic E-state index is 12.4. The minimum atomic E-state index is -1.13. The van der Waals surface area contributed by atoms with Gasteiger partial charge in [0.1, 0.15) is 11.4 Å². The van der Waals surface area contributed by atoms with E-state index < -0.39 is 5.97 Å². The Labute approximate surface area is 140 Å². The van der Waals surface area contributed by atoms with E-state index in [9.17, 15) is 9.59 Å². The van der Waals surface area contributed by atoms with Gasteiger partial charge in [-0.15, -0.1) is 0 Å². The molecule has 126 valence electrons. The van der Waals surface area contributed by atoms with Gasteiger partial charge in [0, 0.05) is 11.8 Å². The van der Waals surface area contributed by atoms with Crippen LogP contribution in [0.25, 0.3) is 0 Å². The minimum absolute atomic E-state index is 0.0970. The second kappa shape index (κ2) is 8.10. The first kappa shape index (κ1) is 17.5. The summed E-state index contributed by atoms with van der Waals surface area (Å²) < 4.78 is 5.62. The standard InChI is InChI=1S/C18H20N2O4/c1-3-14(13-7-5-6-8-16(13)24-4-2)20-17(21)12-9-10-15(18(22)23)19-11-12/h5-11,14H,3-4H2,1-2H3,(H,20,21)(H,22,23). The van der Waals surface area contributed by atoms with E-state index >= 15 is 0 Å². The first-order valence-corrected chi connectivity index (χ1v) is 7.78. The van der Waals surface area contributed by atoms with E-state index in [2.05, 4.69) is 10.3 Å². The van der Waals surface area contributed by atoms with Gasteiger partial charge in [-0.1, -0.05) is 25.1 Å². The molecule has 0 aliphatic heterocycles. The number of ether oxygens (including phenoxy) is 1. The monoisotopic (exact) mass is 328 g/mol. The Morgan fingerprint density at radius 1 is 1.21 bits per heavy atom. The number of carboxylic acid groups (broad SMARTS) is 1. The summed E-state index contributed by atoms with van der Waals surface area (Å²) in [5.74, 6) is -0.692. The Hall–Kier alpha value is -2.89. The molecular formula is C18H20N2O4. The molecule has 1 aromatic carbocycles. The van der Waals surface area contributed by atoms with Crippen LogP contribution in [-0.4, -0.2) is 28.6 Å². The van der Waals surface area contributed by atoms with Crippen molar-refractivity contribution >= 4 is 11.9 Å². The summed E-state index contributed by atoms with van der Waals surface area (Å²) in [6, 6.07) is 10.1. The highest BCUT2D eigenvalue weighted by atomic mass is 16.5. The smallest absolute Gasteiger partial charge is 0.354 e. The normalized spacial score (nSPS) is 11.6. The second-order valence-electron chi connectivity index (χ2n) is 5.14. The Kier molecular flexibility index (Phi) is 5.89. The third-order valence-electron chi connectivity index (χ3n) is 3.55. The summed E-state index contributed by atoms with van der Waals surface area (Å²) in [5, 5.41) is 11.8. The van der Waals surface area contributed by atoms with E-state index in [-0.39, 0.29) is 17.6 Å². The van der Waals surface area contributed by atoms with Crippen LogP contribution in [0.4, 0.5) is 0 Å². The van der Waals surface area contributed by atoms with Crippen LogP contribution in [0.15, 0.2) is 42.6 Å². The molecule has 1 heterocycles. The third kappa shape index (κ3) is 4.10. The summed E-state index contributed by atoms with van der Waals surface area (Å²) in [4.78, 5) is 27.0. The van der Waals surface area contributed by atoms with E-state index in [1.807, 2.05) is 38.1 Å². The van der Waals surface area contributed by atoms with Gasteiger partial charge in [-0.2, -0.15) is 0 Å². The van der Waals surface area contributed by atoms with Crippen molar-refractivity contribution in [3.63, 3.8) is 0 Å². The average Bonchev–Trinajstić information content (AvgIpc) is 2.60. The molecule has 1 aromatic heterocycles. The number of nitrogens with one attached hydrogen (secondary N) is 1. The van der Waals surface area contributed by atoms with Gasteiger partial charge in [-0.25, -0.2) is 9.78 Å². The average molecular weight is 328 g/mol. The van der Waals surface area contributed by atoms with Gasteiger partial charge < -0.3 is 15.2 Å². The van der Waals surface area contributed by atoms with Crippen LogP contribution >= 0.6 is 0 Å². The predicted molar refractivity (Wildman–Crippen MR) is 89.3 cm³/mol. The fraction of sp³-hybridized carbons (Fsp3) is 0.278. The predicted octanol–water partition coefficient (Wildman–Crippen LogP) is 3.06.